The predicted octanol–water partition coefficient (Wildman–Crippen LogP) is 13.9. The molecule has 0 aromatic heterocycles. The summed E-state index contributed by atoms with van der Waals surface area (Å²) >= 11 is 0. The zero-order chi connectivity index (χ0) is 41.0. The zero-order valence-corrected chi connectivity index (χ0v) is 38.3. The van der Waals surface area contributed by atoms with Gasteiger partial charge in [-0.05, 0) is 64.0 Å². The fourth-order valence-electron chi connectivity index (χ4n) is 8.38. The Balaban J connectivity index is 2.31. The summed E-state index contributed by atoms with van der Waals surface area (Å²) in [6.07, 6.45) is 36.4. The number of unbranched alkanes of at least 4 members (excludes halogenated alkanes) is 16. The molecule has 1 heterocycles. The lowest BCUT2D eigenvalue weighted by Gasteiger charge is -2.29. The van der Waals surface area contributed by atoms with Crippen LogP contribution in [0.25, 0.3) is 0 Å². The second kappa shape index (κ2) is 36.9. The number of likely N-dealkylation sites (N-methyl/N-ethyl adjacent to an activating group) is 1. The van der Waals surface area contributed by atoms with Gasteiger partial charge in [0.15, 0.2) is 5.79 Å². The van der Waals surface area contributed by atoms with E-state index in [2.05, 4.69) is 46.6 Å². The minimum absolute atomic E-state index is 0.0183. The standard InChI is InChI=1S/C49H95NO6/c1-7-12-22-30-44(31-23-13-8-2)36-40-53-47(51)34-26-18-16-20-28-38-49(55-43-46(56-49)42-50(6)11-5)39-29-21-17-19-27-35-48(52)54-41-37-45(32-24-14-9-3)33-25-15-10-4/h44-46H,7-43H2,1-6H3. The molecule has 1 unspecified atom stereocenters. The minimum Gasteiger partial charge on any atom is -0.466 e. The Morgan fingerprint density at radius 3 is 1.34 bits per heavy atom. The number of carbonyl (C=O) groups excluding carboxylic acids is 2. The summed E-state index contributed by atoms with van der Waals surface area (Å²) in [6, 6.07) is 0. The minimum atomic E-state index is -0.470. The molecule has 56 heavy (non-hydrogen) atoms. The molecule has 1 aliphatic heterocycles. The average Bonchev–Trinajstić information content (AvgIpc) is 3.58. The van der Waals surface area contributed by atoms with Crippen LogP contribution in [0.1, 0.15) is 240 Å². The van der Waals surface area contributed by atoms with Crippen molar-refractivity contribution in [2.45, 2.75) is 252 Å². The van der Waals surface area contributed by atoms with E-state index in [0.29, 0.717) is 44.5 Å². The van der Waals surface area contributed by atoms with Crippen molar-refractivity contribution in [2.75, 3.05) is 40.0 Å². The van der Waals surface area contributed by atoms with E-state index in [1.54, 1.807) is 0 Å². The Morgan fingerprint density at radius 1 is 0.554 bits per heavy atom. The number of hydrogen-bond acceptors (Lipinski definition) is 7. The van der Waals surface area contributed by atoms with E-state index in [1.165, 1.54) is 103 Å². The highest BCUT2D eigenvalue weighted by Gasteiger charge is 2.40. The molecule has 0 amide bonds. The lowest BCUT2D eigenvalue weighted by Crippen LogP contribution is -2.34. The molecule has 0 N–H and O–H groups in total. The molecular weight excluding hydrogens is 699 g/mol. The zero-order valence-electron chi connectivity index (χ0n) is 38.3. The predicted molar refractivity (Wildman–Crippen MR) is 236 cm³/mol. The fourth-order valence-corrected chi connectivity index (χ4v) is 8.38. The monoisotopic (exact) mass is 794 g/mol. The molecule has 0 spiro atoms. The number of hydrogen-bond donors (Lipinski definition) is 0. The third-order valence-corrected chi connectivity index (χ3v) is 12.3. The van der Waals surface area contributed by atoms with Crippen LogP contribution in [0.15, 0.2) is 0 Å². The van der Waals surface area contributed by atoms with Crippen LogP contribution < -0.4 is 0 Å². The van der Waals surface area contributed by atoms with E-state index in [4.69, 9.17) is 18.9 Å². The van der Waals surface area contributed by atoms with Crippen molar-refractivity contribution in [3.8, 4) is 0 Å². The van der Waals surface area contributed by atoms with Crippen LogP contribution in [0.2, 0.25) is 0 Å². The summed E-state index contributed by atoms with van der Waals surface area (Å²) in [5.41, 5.74) is 0. The molecule has 332 valence electrons. The Hall–Kier alpha value is -1.18. The van der Waals surface area contributed by atoms with Crippen molar-refractivity contribution >= 4 is 11.9 Å². The van der Waals surface area contributed by atoms with Gasteiger partial charge in [0.05, 0.1) is 25.9 Å². The van der Waals surface area contributed by atoms with Crippen molar-refractivity contribution < 1.29 is 28.5 Å². The van der Waals surface area contributed by atoms with Gasteiger partial charge in [0, 0.05) is 32.2 Å². The van der Waals surface area contributed by atoms with Crippen LogP contribution in [0, 0.1) is 11.8 Å². The van der Waals surface area contributed by atoms with Crippen molar-refractivity contribution in [2.24, 2.45) is 11.8 Å². The second-order valence-electron chi connectivity index (χ2n) is 17.6. The highest BCUT2D eigenvalue weighted by molar-refractivity contribution is 5.69. The second-order valence-corrected chi connectivity index (χ2v) is 17.6. The van der Waals surface area contributed by atoms with Crippen LogP contribution in [0.3, 0.4) is 0 Å². The Kier molecular flexibility index (Phi) is 34.8. The first-order valence-electron chi connectivity index (χ1n) is 24.6. The van der Waals surface area contributed by atoms with E-state index >= 15 is 0 Å². The highest BCUT2D eigenvalue weighted by atomic mass is 16.7. The van der Waals surface area contributed by atoms with E-state index in [0.717, 1.165) is 103 Å². The fraction of sp³-hybridized carbons (Fsp3) is 0.959. The van der Waals surface area contributed by atoms with Gasteiger partial charge in [0.25, 0.3) is 0 Å². The quantitative estimate of drug-likeness (QED) is 0.0451. The first-order valence-corrected chi connectivity index (χ1v) is 24.6. The highest BCUT2D eigenvalue weighted by Crippen LogP contribution is 2.35. The van der Waals surface area contributed by atoms with Gasteiger partial charge in [0.1, 0.15) is 0 Å². The Labute approximate surface area is 348 Å². The third kappa shape index (κ3) is 29.1. The number of carbonyl (C=O) groups is 2. The molecule has 7 nitrogen and oxygen atoms in total. The third-order valence-electron chi connectivity index (χ3n) is 12.3. The molecule has 0 aromatic carbocycles. The Morgan fingerprint density at radius 2 is 0.946 bits per heavy atom. The van der Waals surface area contributed by atoms with Crippen molar-refractivity contribution in [3.05, 3.63) is 0 Å². The summed E-state index contributed by atoms with van der Waals surface area (Å²) in [5.74, 6) is 0.902. The van der Waals surface area contributed by atoms with Gasteiger partial charge < -0.3 is 23.8 Å². The summed E-state index contributed by atoms with van der Waals surface area (Å²) in [6.45, 7) is 15.0. The molecule has 1 fully saturated rings. The molecule has 0 radical (unpaired) electrons. The molecule has 0 saturated carbocycles. The molecule has 1 aliphatic rings. The molecule has 7 heteroatoms. The number of ether oxygens (including phenoxy) is 4. The van der Waals surface area contributed by atoms with Crippen molar-refractivity contribution in [1.82, 2.24) is 4.90 Å². The van der Waals surface area contributed by atoms with Gasteiger partial charge in [0.2, 0.25) is 0 Å². The summed E-state index contributed by atoms with van der Waals surface area (Å²) in [4.78, 5) is 27.2. The first-order chi connectivity index (χ1) is 27.3. The number of nitrogens with zero attached hydrogens (tertiary/aromatic N) is 1. The molecule has 1 saturated heterocycles. The summed E-state index contributed by atoms with van der Waals surface area (Å²) in [5, 5.41) is 0. The number of esters is 2. The largest absolute Gasteiger partial charge is 0.466 e. The van der Waals surface area contributed by atoms with Gasteiger partial charge in [-0.25, -0.2) is 0 Å². The van der Waals surface area contributed by atoms with E-state index in [1.807, 2.05) is 0 Å². The Bertz CT molecular complexity index is 822. The van der Waals surface area contributed by atoms with Gasteiger partial charge >= 0.3 is 11.9 Å². The van der Waals surface area contributed by atoms with Crippen LogP contribution in [-0.2, 0) is 28.5 Å². The average molecular weight is 794 g/mol. The van der Waals surface area contributed by atoms with E-state index < -0.39 is 5.79 Å². The number of rotatable bonds is 41. The maximum absolute atomic E-state index is 12.4. The lowest BCUT2D eigenvalue weighted by atomic mass is 9.92. The van der Waals surface area contributed by atoms with Gasteiger partial charge in [-0.1, -0.05) is 176 Å². The van der Waals surface area contributed by atoms with Gasteiger partial charge in [-0.3, -0.25) is 9.59 Å². The van der Waals surface area contributed by atoms with Gasteiger partial charge in [-0.2, -0.15) is 0 Å². The van der Waals surface area contributed by atoms with Crippen LogP contribution in [0.5, 0.6) is 0 Å². The van der Waals surface area contributed by atoms with Crippen LogP contribution in [0.4, 0.5) is 0 Å². The van der Waals surface area contributed by atoms with E-state index in [-0.39, 0.29) is 18.0 Å². The van der Waals surface area contributed by atoms with Crippen LogP contribution in [-0.4, -0.2) is 68.7 Å². The lowest BCUT2D eigenvalue weighted by molar-refractivity contribution is -0.180. The molecule has 1 rings (SSSR count). The normalized spacial score (nSPS) is 15.4. The van der Waals surface area contributed by atoms with Gasteiger partial charge in [-0.15, -0.1) is 0 Å². The van der Waals surface area contributed by atoms with Crippen molar-refractivity contribution in [1.29, 1.82) is 0 Å². The SMILES string of the molecule is CCCCCC(CCCCC)CCOC(=O)CCCCCCCC1(CCCCCCCC(=O)OCCC(CCCCC)CCCCC)OCC(CN(C)CC)O1. The molecule has 0 aliphatic carbocycles. The first kappa shape index (κ1) is 52.8. The summed E-state index contributed by atoms with van der Waals surface area (Å²) < 4.78 is 24.5. The van der Waals surface area contributed by atoms with Crippen molar-refractivity contribution in [3.63, 3.8) is 0 Å². The maximum Gasteiger partial charge on any atom is 0.305 e. The molecular formula is C49H95NO6. The molecule has 0 bridgehead atoms. The maximum atomic E-state index is 12.4. The van der Waals surface area contributed by atoms with E-state index in [9.17, 15) is 9.59 Å². The summed E-state index contributed by atoms with van der Waals surface area (Å²) in [7, 11) is 2.15. The molecule has 0 aromatic rings. The van der Waals surface area contributed by atoms with Crippen LogP contribution >= 0.6 is 0 Å². The smallest absolute Gasteiger partial charge is 0.305 e. The topological polar surface area (TPSA) is 74.3 Å². The molecule has 1 atom stereocenters.